The second-order valence-electron chi connectivity index (χ2n) is 6.20. The van der Waals surface area contributed by atoms with Crippen LogP contribution >= 0.6 is 0 Å². The third kappa shape index (κ3) is 2.03. The van der Waals surface area contributed by atoms with E-state index in [1.807, 2.05) is 0 Å². The summed E-state index contributed by atoms with van der Waals surface area (Å²) in [5, 5.41) is 3.58. The van der Waals surface area contributed by atoms with Gasteiger partial charge in [-0.05, 0) is 39.0 Å². The molecule has 4 rings (SSSR count). The van der Waals surface area contributed by atoms with E-state index >= 15 is 0 Å². The molecule has 4 heteroatoms. The van der Waals surface area contributed by atoms with Crippen LogP contribution in [-0.4, -0.2) is 39.6 Å². The van der Waals surface area contributed by atoms with Gasteiger partial charge in [-0.25, -0.2) is 4.98 Å². The number of aromatic nitrogens is 2. The fraction of sp³-hybridized carbons (Fsp3) is 0.786. The zero-order valence-electron chi connectivity index (χ0n) is 11.1. The predicted molar refractivity (Wildman–Crippen MR) is 71.9 cm³/mol. The third-order valence-electron chi connectivity index (χ3n) is 4.41. The molecule has 1 N–H and O–H groups in total. The minimum Gasteiger partial charge on any atom is -0.353 e. The summed E-state index contributed by atoms with van der Waals surface area (Å²) < 4.78 is 2.40. The highest BCUT2D eigenvalue weighted by Crippen LogP contribution is 2.35. The topological polar surface area (TPSA) is 33.1 Å². The summed E-state index contributed by atoms with van der Waals surface area (Å²) >= 11 is 0. The van der Waals surface area contributed by atoms with E-state index in [4.69, 9.17) is 0 Å². The minimum atomic E-state index is 0.632. The Morgan fingerprint density at radius 1 is 1.17 bits per heavy atom. The lowest BCUT2D eigenvalue weighted by molar-refractivity contribution is 0.314. The van der Waals surface area contributed by atoms with E-state index in [1.54, 1.807) is 0 Å². The largest absolute Gasteiger partial charge is 0.353 e. The third-order valence-corrected chi connectivity index (χ3v) is 4.41. The number of imidazole rings is 1. The molecule has 3 aliphatic rings. The molecule has 18 heavy (non-hydrogen) atoms. The molecule has 98 valence electrons. The van der Waals surface area contributed by atoms with E-state index in [0.717, 1.165) is 17.7 Å². The number of rotatable bonds is 4. The van der Waals surface area contributed by atoms with Crippen molar-refractivity contribution < 1.29 is 0 Å². The molecular formula is C14H22N4. The van der Waals surface area contributed by atoms with Gasteiger partial charge in [0.05, 0.1) is 11.7 Å². The van der Waals surface area contributed by atoms with Crippen molar-refractivity contribution in [3.05, 3.63) is 11.9 Å². The Labute approximate surface area is 108 Å². The maximum absolute atomic E-state index is 4.65. The van der Waals surface area contributed by atoms with Gasteiger partial charge < -0.3 is 9.88 Å². The van der Waals surface area contributed by atoms with Crippen molar-refractivity contribution in [3.63, 3.8) is 0 Å². The Hall–Kier alpha value is -1.03. The Kier molecular flexibility index (Phi) is 2.40. The molecule has 1 aromatic heterocycles. The molecule has 0 aromatic carbocycles. The van der Waals surface area contributed by atoms with Crippen LogP contribution in [0.3, 0.4) is 0 Å². The molecule has 0 spiro atoms. The van der Waals surface area contributed by atoms with Crippen LogP contribution in [0, 0.1) is 6.92 Å². The lowest BCUT2D eigenvalue weighted by Gasteiger charge is -2.17. The van der Waals surface area contributed by atoms with Crippen LogP contribution in [-0.2, 0) is 0 Å². The van der Waals surface area contributed by atoms with Crippen LogP contribution < -0.4 is 5.32 Å². The highest BCUT2D eigenvalue weighted by Gasteiger charge is 2.36. The van der Waals surface area contributed by atoms with Crippen LogP contribution in [0.25, 0.3) is 0 Å². The molecule has 0 bridgehead atoms. The van der Waals surface area contributed by atoms with Gasteiger partial charge in [-0.3, -0.25) is 4.90 Å². The van der Waals surface area contributed by atoms with Crippen LogP contribution in [0.5, 0.6) is 0 Å². The maximum Gasteiger partial charge on any atom is 0.203 e. The Bertz CT molecular complexity index is 445. The number of anilines is 1. The second kappa shape index (κ2) is 3.98. The normalized spacial score (nSPS) is 28.8. The molecule has 4 nitrogen and oxygen atoms in total. The van der Waals surface area contributed by atoms with Crippen molar-refractivity contribution in [2.45, 2.75) is 57.2 Å². The van der Waals surface area contributed by atoms with E-state index in [9.17, 15) is 0 Å². The van der Waals surface area contributed by atoms with Crippen LogP contribution in [0.2, 0.25) is 0 Å². The van der Waals surface area contributed by atoms with E-state index in [0.29, 0.717) is 12.1 Å². The summed E-state index contributed by atoms with van der Waals surface area (Å²) in [4.78, 5) is 7.32. The first-order chi connectivity index (χ1) is 8.79. The minimum absolute atomic E-state index is 0.632. The zero-order valence-corrected chi connectivity index (χ0v) is 11.1. The van der Waals surface area contributed by atoms with E-state index in [2.05, 4.69) is 32.9 Å². The monoisotopic (exact) mass is 246 g/mol. The molecule has 1 atom stereocenters. The fourth-order valence-electron chi connectivity index (χ4n) is 3.08. The lowest BCUT2D eigenvalue weighted by atomic mass is 10.2. The van der Waals surface area contributed by atoms with Crippen molar-refractivity contribution in [1.29, 1.82) is 0 Å². The van der Waals surface area contributed by atoms with Gasteiger partial charge in [-0.2, -0.15) is 0 Å². The molecule has 3 fully saturated rings. The molecular weight excluding hydrogens is 224 g/mol. The number of nitrogens with zero attached hydrogens (tertiary/aromatic N) is 3. The Balaban J connectivity index is 1.52. The summed E-state index contributed by atoms with van der Waals surface area (Å²) in [6, 6.07) is 2.22. The molecule has 2 saturated carbocycles. The molecule has 0 radical (unpaired) electrons. The van der Waals surface area contributed by atoms with E-state index < -0.39 is 0 Å². The first-order valence-electron chi connectivity index (χ1n) is 7.35. The molecule has 1 unspecified atom stereocenters. The average Bonchev–Trinajstić information content (AvgIpc) is 3.25. The van der Waals surface area contributed by atoms with Crippen LogP contribution in [0.1, 0.15) is 43.8 Å². The maximum atomic E-state index is 4.65. The SMILES string of the molecule is Cc1cn(C2CCN(C3CC3)C2)c(NC2CC2)n1. The quantitative estimate of drug-likeness (QED) is 0.884. The van der Waals surface area contributed by atoms with Gasteiger partial charge in [0.2, 0.25) is 5.95 Å². The summed E-state index contributed by atoms with van der Waals surface area (Å²) in [7, 11) is 0. The van der Waals surface area contributed by atoms with Crippen molar-refractivity contribution >= 4 is 5.95 Å². The van der Waals surface area contributed by atoms with Crippen molar-refractivity contribution in [1.82, 2.24) is 14.5 Å². The lowest BCUT2D eigenvalue weighted by Crippen LogP contribution is -2.24. The highest BCUT2D eigenvalue weighted by atomic mass is 15.3. The number of nitrogens with one attached hydrogen (secondary N) is 1. The molecule has 2 aliphatic carbocycles. The number of likely N-dealkylation sites (tertiary alicyclic amines) is 1. The molecule has 1 saturated heterocycles. The Morgan fingerprint density at radius 3 is 2.72 bits per heavy atom. The van der Waals surface area contributed by atoms with Gasteiger partial charge in [-0.15, -0.1) is 0 Å². The molecule has 1 aliphatic heterocycles. The smallest absolute Gasteiger partial charge is 0.203 e. The standard InChI is InChI=1S/C14H22N4/c1-10-8-18(14(15-10)16-11-2-3-11)13-6-7-17(9-13)12-4-5-12/h8,11-13H,2-7,9H2,1H3,(H,15,16). The fourth-order valence-corrected chi connectivity index (χ4v) is 3.08. The first-order valence-corrected chi connectivity index (χ1v) is 7.35. The molecule has 1 aromatic rings. The first kappa shape index (κ1) is 10.9. The van der Waals surface area contributed by atoms with Gasteiger partial charge >= 0.3 is 0 Å². The van der Waals surface area contributed by atoms with Crippen molar-refractivity contribution in [2.24, 2.45) is 0 Å². The van der Waals surface area contributed by atoms with Gasteiger partial charge in [0, 0.05) is 31.4 Å². The molecule has 0 amide bonds. The summed E-state index contributed by atoms with van der Waals surface area (Å²) in [6.45, 7) is 4.59. The summed E-state index contributed by atoms with van der Waals surface area (Å²) in [5.41, 5.74) is 1.14. The second-order valence-corrected chi connectivity index (χ2v) is 6.20. The predicted octanol–water partition coefficient (Wildman–Crippen LogP) is 2.18. The van der Waals surface area contributed by atoms with Crippen LogP contribution in [0.15, 0.2) is 6.20 Å². The number of hydrogen-bond donors (Lipinski definition) is 1. The van der Waals surface area contributed by atoms with Gasteiger partial charge in [0.25, 0.3) is 0 Å². The molecule has 2 heterocycles. The zero-order chi connectivity index (χ0) is 12.1. The van der Waals surface area contributed by atoms with Crippen molar-refractivity contribution in [3.8, 4) is 0 Å². The van der Waals surface area contributed by atoms with E-state index in [-0.39, 0.29) is 0 Å². The number of hydrogen-bond acceptors (Lipinski definition) is 3. The summed E-state index contributed by atoms with van der Waals surface area (Å²) in [6.07, 6.45) is 8.97. The van der Waals surface area contributed by atoms with Gasteiger partial charge in [-0.1, -0.05) is 0 Å². The van der Waals surface area contributed by atoms with E-state index in [1.165, 1.54) is 45.2 Å². The van der Waals surface area contributed by atoms with Gasteiger partial charge in [0.15, 0.2) is 0 Å². The Morgan fingerprint density at radius 2 is 2.00 bits per heavy atom. The highest BCUT2D eigenvalue weighted by molar-refractivity contribution is 5.33. The summed E-state index contributed by atoms with van der Waals surface area (Å²) in [5.74, 6) is 1.11. The van der Waals surface area contributed by atoms with Gasteiger partial charge in [0.1, 0.15) is 0 Å². The average molecular weight is 246 g/mol. The van der Waals surface area contributed by atoms with Crippen LogP contribution in [0.4, 0.5) is 5.95 Å². The van der Waals surface area contributed by atoms with Crippen molar-refractivity contribution in [2.75, 3.05) is 18.4 Å². The number of aryl methyl sites for hydroxylation is 1.